The summed E-state index contributed by atoms with van der Waals surface area (Å²) in [6, 6.07) is 11.2. The summed E-state index contributed by atoms with van der Waals surface area (Å²) in [7, 11) is -3.50. The van der Waals surface area contributed by atoms with Gasteiger partial charge in [0.05, 0.1) is 15.7 Å². The second-order valence-corrected chi connectivity index (χ2v) is 11.1. The van der Waals surface area contributed by atoms with Gasteiger partial charge < -0.3 is 5.32 Å². The zero-order valence-corrected chi connectivity index (χ0v) is 20.6. The van der Waals surface area contributed by atoms with Crippen LogP contribution in [0.4, 0.5) is 5.69 Å². The third kappa shape index (κ3) is 5.88. The number of H-pyrrole nitrogens is 1. The average molecular weight is 526 g/mol. The molecule has 2 aromatic carbocycles. The number of hydrogen-bond acceptors (Lipinski definition) is 6. The van der Waals surface area contributed by atoms with E-state index >= 15 is 0 Å². The first-order valence-corrected chi connectivity index (χ1v) is 13.4. The molecule has 8 nitrogen and oxygen atoms in total. The highest BCUT2D eigenvalue weighted by molar-refractivity contribution is 7.99. The van der Waals surface area contributed by atoms with Crippen LogP contribution in [0.15, 0.2) is 52.5 Å². The van der Waals surface area contributed by atoms with E-state index in [2.05, 4.69) is 20.5 Å². The molecule has 4 rings (SSSR count). The molecule has 1 fully saturated rings. The van der Waals surface area contributed by atoms with Crippen molar-refractivity contribution in [3.8, 4) is 11.4 Å². The molecule has 0 spiro atoms. The summed E-state index contributed by atoms with van der Waals surface area (Å²) in [6.45, 7) is 1.09. The van der Waals surface area contributed by atoms with Gasteiger partial charge in [-0.25, -0.2) is 13.4 Å². The molecule has 2 N–H and O–H groups in total. The van der Waals surface area contributed by atoms with Crippen LogP contribution in [0.25, 0.3) is 11.4 Å². The first-order chi connectivity index (χ1) is 15.8. The summed E-state index contributed by atoms with van der Waals surface area (Å²) >= 11 is 13.4. The molecule has 1 amide bonds. The smallest absolute Gasteiger partial charge is 0.243 e. The molecule has 1 saturated heterocycles. The minimum absolute atomic E-state index is 0.0778. The largest absolute Gasteiger partial charge is 0.325 e. The van der Waals surface area contributed by atoms with Gasteiger partial charge in [0, 0.05) is 29.4 Å². The zero-order valence-electron chi connectivity index (χ0n) is 17.4. The fourth-order valence-corrected chi connectivity index (χ4v) is 5.90. The van der Waals surface area contributed by atoms with Gasteiger partial charge in [0.1, 0.15) is 0 Å². The number of benzene rings is 2. The summed E-state index contributed by atoms with van der Waals surface area (Å²) < 4.78 is 27.0. The van der Waals surface area contributed by atoms with Crippen LogP contribution in [-0.4, -0.2) is 52.7 Å². The number of anilines is 1. The van der Waals surface area contributed by atoms with Crippen molar-refractivity contribution in [3.05, 3.63) is 52.5 Å². The van der Waals surface area contributed by atoms with Gasteiger partial charge in [-0.3, -0.25) is 9.89 Å². The number of carbonyl (C=O) groups is 1. The number of aromatic nitrogens is 3. The number of nitrogens with one attached hydrogen (secondary N) is 2. The molecule has 3 aromatic rings. The number of nitrogens with zero attached hydrogens (tertiary/aromatic N) is 3. The minimum Gasteiger partial charge on any atom is -0.325 e. The van der Waals surface area contributed by atoms with Gasteiger partial charge in [0.15, 0.2) is 5.82 Å². The van der Waals surface area contributed by atoms with Crippen LogP contribution in [0.3, 0.4) is 0 Å². The Morgan fingerprint density at radius 2 is 1.82 bits per heavy atom. The van der Waals surface area contributed by atoms with Gasteiger partial charge in [-0.1, -0.05) is 41.4 Å². The lowest BCUT2D eigenvalue weighted by Crippen LogP contribution is -2.35. The van der Waals surface area contributed by atoms with E-state index in [-0.39, 0.29) is 16.6 Å². The third-order valence-electron chi connectivity index (χ3n) is 5.07. The molecular formula is C21H21Cl2N5O3S2. The molecule has 0 unspecified atom stereocenters. The van der Waals surface area contributed by atoms with Crippen molar-refractivity contribution in [1.82, 2.24) is 19.5 Å². The summed E-state index contributed by atoms with van der Waals surface area (Å²) in [6.07, 6.45) is 2.81. The standard InChI is InChI=1S/C21H21Cl2N5O3S2/c22-14-4-9-18(23)17(12-14)20-25-21(27-26-20)32-13-19(29)24-15-5-7-16(8-6-15)33(30,31)28-10-2-1-3-11-28/h4-9,12H,1-3,10-11,13H2,(H,24,29)(H,25,26,27). The third-order valence-corrected chi connectivity index (χ3v) is 8.40. The van der Waals surface area contributed by atoms with Crippen LogP contribution in [0, 0.1) is 0 Å². The van der Waals surface area contributed by atoms with E-state index in [9.17, 15) is 13.2 Å². The first-order valence-electron chi connectivity index (χ1n) is 10.2. The van der Waals surface area contributed by atoms with Crippen molar-refractivity contribution in [2.75, 3.05) is 24.2 Å². The molecule has 12 heteroatoms. The molecule has 1 aliphatic heterocycles. The molecule has 1 aliphatic rings. The Kier molecular flexibility index (Phi) is 7.60. The lowest BCUT2D eigenvalue weighted by atomic mass is 10.2. The van der Waals surface area contributed by atoms with E-state index in [1.54, 1.807) is 30.3 Å². The molecule has 174 valence electrons. The lowest BCUT2D eigenvalue weighted by Gasteiger charge is -2.25. The van der Waals surface area contributed by atoms with Crippen LogP contribution in [0.2, 0.25) is 10.0 Å². The molecule has 0 bridgehead atoms. The maximum atomic E-state index is 12.7. The number of piperidine rings is 1. The van der Waals surface area contributed by atoms with Gasteiger partial charge in [-0.2, -0.15) is 4.31 Å². The number of aromatic amines is 1. The Labute approximate surface area is 206 Å². The molecule has 2 heterocycles. The Morgan fingerprint density at radius 3 is 2.55 bits per heavy atom. The molecule has 0 radical (unpaired) electrons. The van der Waals surface area contributed by atoms with E-state index in [0.29, 0.717) is 45.4 Å². The van der Waals surface area contributed by atoms with Crippen molar-refractivity contribution >= 4 is 56.6 Å². The Balaban J connectivity index is 1.33. The summed E-state index contributed by atoms with van der Waals surface area (Å²) in [4.78, 5) is 16.9. The first kappa shape index (κ1) is 24.0. The highest BCUT2D eigenvalue weighted by Crippen LogP contribution is 2.29. The Bertz CT molecular complexity index is 1240. The van der Waals surface area contributed by atoms with Gasteiger partial charge in [0.25, 0.3) is 0 Å². The second kappa shape index (κ2) is 10.4. The fraction of sp³-hybridized carbons (Fsp3) is 0.286. The topological polar surface area (TPSA) is 108 Å². The highest BCUT2D eigenvalue weighted by atomic mass is 35.5. The van der Waals surface area contributed by atoms with Gasteiger partial charge in [0.2, 0.25) is 21.1 Å². The van der Waals surface area contributed by atoms with Crippen LogP contribution >= 0.6 is 35.0 Å². The number of sulfonamides is 1. The van der Waals surface area contributed by atoms with Crippen molar-refractivity contribution in [2.24, 2.45) is 0 Å². The van der Waals surface area contributed by atoms with E-state index in [1.807, 2.05) is 0 Å². The quantitative estimate of drug-likeness (QED) is 0.433. The fourth-order valence-electron chi connectivity index (χ4n) is 3.40. The molecular weight excluding hydrogens is 505 g/mol. The van der Waals surface area contributed by atoms with Crippen molar-refractivity contribution in [3.63, 3.8) is 0 Å². The van der Waals surface area contributed by atoms with Gasteiger partial charge in [-0.15, -0.1) is 5.10 Å². The monoisotopic (exact) mass is 525 g/mol. The van der Waals surface area contributed by atoms with Crippen LogP contribution in [0.5, 0.6) is 0 Å². The van der Waals surface area contributed by atoms with Crippen LogP contribution in [-0.2, 0) is 14.8 Å². The van der Waals surface area contributed by atoms with Gasteiger partial charge >= 0.3 is 0 Å². The highest BCUT2D eigenvalue weighted by Gasteiger charge is 2.25. The van der Waals surface area contributed by atoms with Gasteiger partial charge in [-0.05, 0) is 55.3 Å². The molecule has 0 saturated carbocycles. The summed E-state index contributed by atoms with van der Waals surface area (Å²) in [5, 5.41) is 11.0. The van der Waals surface area contributed by atoms with E-state index in [0.717, 1.165) is 31.0 Å². The van der Waals surface area contributed by atoms with E-state index in [4.69, 9.17) is 23.2 Å². The predicted molar refractivity (Wildman–Crippen MR) is 130 cm³/mol. The SMILES string of the molecule is O=C(CSc1n[nH]c(-c2cc(Cl)ccc2Cl)n1)Nc1ccc(S(=O)(=O)N2CCCCC2)cc1. The molecule has 0 atom stereocenters. The molecule has 1 aromatic heterocycles. The van der Waals surface area contributed by atoms with Crippen LogP contribution in [0.1, 0.15) is 19.3 Å². The Hall–Kier alpha value is -2.11. The summed E-state index contributed by atoms with van der Waals surface area (Å²) in [5.41, 5.74) is 1.13. The number of carbonyl (C=O) groups excluding carboxylic acids is 1. The van der Waals surface area contributed by atoms with Crippen molar-refractivity contribution in [2.45, 2.75) is 29.3 Å². The summed E-state index contributed by atoms with van der Waals surface area (Å²) in [5.74, 6) is 0.267. The number of halogens is 2. The number of thioether (sulfide) groups is 1. The number of hydrogen-bond donors (Lipinski definition) is 2. The second-order valence-electron chi connectivity index (χ2n) is 7.42. The van der Waals surface area contributed by atoms with Crippen molar-refractivity contribution in [1.29, 1.82) is 0 Å². The lowest BCUT2D eigenvalue weighted by molar-refractivity contribution is -0.113. The maximum Gasteiger partial charge on any atom is 0.243 e. The Morgan fingerprint density at radius 1 is 1.09 bits per heavy atom. The zero-order chi connectivity index (χ0) is 23.4. The predicted octanol–water partition coefficient (Wildman–Crippen LogP) is 4.68. The molecule has 33 heavy (non-hydrogen) atoms. The molecule has 0 aliphatic carbocycles. The van der Waals surface area contributed by atoms with Crippen LogP contribution < -0.4 is 5.32 Å². The normalized spacial score (nSPS) is 14.8. The number of amides is 1. The maximum absolute atomic E-state index is 12.7. The van der Waals surface area contributed by atoms with Crippen molar-refractivity contribution < 1.29 is 13.2 Å². The van der Waals surface area contributed by atoms with E-state index < -0.39 is 10.0 Å². The minimum atomic E-state index is -3.50. The number of rotatable bonds is 7. The average Bonchev–Trinajstić information content (AvgIpc) is 3.29. The van der Waals surface area contributed by atoms with E-state index in [1.165, 1.54) is 16.4 Å².